The van der Waals surface area contributed by atoms with Crippen molar-refractivity contribution in [2.75, 3.05) is 18.4 Å². The monoisotopic (exact) mass is 469 g/mol. The van der Waals surface area contributed by atoms with E-state index in [1.165, 1.54) is 0 Å². The Hall–Kier alpha value is -3.82. The Labute approximate surface area is 206 Å². The van der Waals surface area contributed by atoms with E-state index >= 15 is 0 Å². The number of benzene rings is 3. The maximum absolute atomic E-state index is 11.7. The van der Waals surface area contributed by atoms with E-state index in [9.17, 15) is 15.2 Å². The van der Waals surface area contributed by atoms with Gasteiger partial charge in [-0.3, -0.25) is 4.79 Å². The van der Waals surface area contributed by atoms with Crippen molar-refractivity contribution in [2.24, 2.45) is 0 Å². The molecule has 1 aliphatic rings. The lowest BCUT2D eigenvalue weighted by atomic mass is 9.83. The third-order valence-corrected chi connectivity index (χ3v) is 6.78. The SMILES string of the molecule is CC(CN[C@H](c1ccccc1)[C@H]1CNc2cccc(C#N)c2O1)c1cccc(C(C)(C)C(=O)O)c1. The number of carbonyl (C=O) groups is 1. The summed E-state index contributed by atoms with van der Waals surface area (Å²) in [5.74, 6) is -0.113. The summed E-state index contributed by atoms with van der Waals surface area (Å²) in [6, 6.07) is 25.6. The average molecular weight is 470 g/mol. The molecule has 0 saturated carbocycles. The Morgan fingerprint density at radius 2 is 1.86 bits per heavy atom. The van der Waals surface area contributed by atoms with Crippen LogP contribution in [0.25, 0.3) is 0 Å². The number of para-hydroxylation sites is 1. The molecule has 0 fully saturated rings. The number of aliphatic carboxylic acids is 1. The van der Waals surface area contributed by atoms with Crippen LogP contribution >= 0.6 is 0 Å². The van der Waals surface area contributed by atoms with Gasteiger partial charge in [-0.25, -0.2) is 0 Å². The van der Waals surface area contributed by atoms with E-state index < -0.39 is 11.4 Å². The lowest BCUT2D eigenvalue weighted by Gasteiger charge is -2.35. The minimum atomic E-state index is -0.955. The van der Waals surface area contributed by atoms with Crippen molar-refractivity contribution in [3.63, 3.8) is 0 Å². The van der Waals surface area contributed by atoms with Crippen molar-refractivity contribution in [2.45, 2.75) is 44.2 Å². The van der Waals surface area contributed by atoms with Crippen molar-refractivity contribution in [1.29, 1.82) is 5.26 Å². The van der Waals surface area contributed by atoms with Crippen LogP contribution in [0.3, 0.4) is 0 Å². The van der Waals surface area contributed by atoms with Crippen molar-refractivity contribution in [3.05, 3.63) is 95.1 Å². The zero-order valence-corrected chi connectivity index (χ0v) is 20.3. The molecule has 3 N–H and O–H groups in total. The van der Waals surface area contributed by atoms with Crippen LogP contribution in [0.15, 0.2) is 72.8 Å². The molecule has 0 saturated heterocycles. The fourth-order valence-electron chi connectivity index (χ4n) is 4.38. The molecule has 0 spiro atoms. The minimum Gasteiger partial charge on any atom is -0.483 e. The molecule has 1 heterocycles. The Morgan fingerprint density at radius 3 is 2.57 bits per heavy atom. The van der Waals surface area contributed by atoms with Crippen LogP contribution in [0, 0.1) is 11.3 Å². The molecule has 35 heavy (non-hydrogen) atoms. The summed E-state index contributed by atoms with van der Waals surface area (Å²) in [7, 11) is 0. The molecule has 6 heteroatoms. The van der Waals surface area contributed by atoms with E-state index in [4.69, 9.17) is 4.74 Å². The predicted molar refractivity (Wildman–Crippen MR) is 137 cm³/mol. The molecule has 0 radical (unpaired) electrons. The third-order valence-electron chi connectivity index (χ3n) is 6.78. The van der Waals surface area contributed by atoms with E-state index in [1.807, 2.05) is 54.6 Å². The molecule has 3 aromatic rings. The molecule has 4 rings (SSSR count). The molecule has 0 aromatic heterocycles. The molecule has 1 aliphatic heterocycles. The van der Waals surface area contributed by atoms with Crippen LogP contribution in [-0.4, -0.2) is 30.3 Å². The normalized spacial score (nSPS) is 16.7. The Kier molecular flexibility index (Phi) is 7.09. The van der Waals surface area contributed by atoms with Crippen LogP contribution in [0.1, 0.15) is 55.0 Å². The first-order valence-electron chi connectivity index (χ1n) is 11.9. The van der Waals surface area contributed by atoms with Gasteiger partial charge in [-0.1, -0.05) is 67.6 Å². The molecule has 0 aliphatic carbocycles. The number of nitrogens with one attached hydrogen (secondary N) is 2. The van der Waals surface area contributed by atoms with Gasteiger partial charge in [0.15, 0.2) is 5.75 Å². The van der Waals surface area contributed by atoms with Gasteiger partial charge in [-0.15, -0.1) is 0 Å². The number of fused-ring (bicyclic) bond motifs is 1. The van der Waals surface area contributed by atoms with E-state index in [1.54, 1.807) is 19.9 Å². The van der Waals surface area contributed by atoms with Crippen molar-refractivity contribution >= 4 is 11.7 Å². The minimum absolute atomic E-state index is 0.107. The summed E-state index contributed by atoms with van der Waals surface area (Å²) in [6.07, 6.45) is -0.219. The van der Waals surface area contributed by atoms with E-state index in [0.29, 0.717) is 24.4 Å². The first-order chi connectivity index (χ1) is 16.8. The molecule has 6 nitrogen and oxygen atoms in total. The van der Waals surface area contributed by atoms with E-state index in [0.717, 1.165) is 22.4 Å². The second-order valence-corrected chi connectivity index (χ2v) is 9.58. The van der Waals surface area contributed by atoms with Gasteiger partial charge < -0.3 is 20.5 Å². The highest BCUT2D eigenvalue weighted by Crippen LogP contribution is 2.36. The maximum Gasteiger partial charge on any atom is 0.313 e. The molecule has 0 bridgehead atoms. The van der Waals surface area contributed by atoms with Gasteiger partial charge in [0, 0.05) is 6.54 Å². The van der Waals surface area contributed by atoms with Gasteiger partial charge >= 0.3 is 5.97 Å². The first-order valence-corrected chi connectivity index (χ1v) is 11.9. The average Bonchev–Trinajstić information content (AvgIpc) is 2.88. The predicted octanol–water partition coefficient (Wildman–Crippen LogP) is 5.23. The fourth-order valence-corrected chi connectivity index (χ4v) is 4.38. The lowest BCUT2D eigenvalue weighted by Crippen LogP contribution is -2.43. The van der Waals surface area contributed by atoms with Crippen LogP contribution in [0.2, 0.25) is 0 Å². The highest BCUT2D eigenvalue weighted by molar-refractivity contribution is 5.80. The molecule has 1 unspecified atom stereocenters. The standard InChI is InChI=1S/C29H31N3O3/c1-19(21-11-7-13-23(15-21)29(2,3)28(33)34)17-32-26(20-9-5-4-6-10-20)25-18-31-24-14-8-12-22(16-30)27(24)35-25/h4-15,19,25-26,31-32H,17-18H2,1-3H3,(H,33,34)/t19?,25-,26-/m1/s1. The van der Waals surface area contributed by atoms with Gasteiger partial charge in [0.1, 0.15) is 12.2 Å². The number of carboxylic acids is 1. The van der Waals surface area contributed by atoms with Gasteiger partial charge in [-0.05, 0) is 48.6 Å². The number of hydrogen-bond donors (Lipinski definition) is 3. The smallest absolute Gasteiger partial charge is 0.313 e. The Morgan fingerprint density at radius 1 is 1.14 bits per heavy atom. The number of ether oxygens (including phenoxy) is 1. The second kappa shape index (κ2) is 10.2. The lowest BCUT2D eigenvalue weighted by molar-refractivity contribution is -0.142. The topological polar surface area (TPSA) is 94.4 Å². The van der Waals surface area contributed by atoms with Crippen molar-refractivity contribution in [3.8, 4) is 11.8 Å². The summed E-state index contributed by atoms with van der Waals surface area (Å²) in [5.41, 5.74) is 3.36. The van der Waals surface area contributed by atoms with E-state index in [2.05, 4.69) is 35.8 Å². The highest BCUT2D eigenvalue weighted by atomic mass is 16.5. The summed E-state index contributed by atoms with van der Waals surface area (Å²) < 4.78 is 6.39. The molecular weight excluding hydrogens is 438 g/mol. The summed E-state index contributed by atoms with van der Waals surface area (Å²) in [6.45, 7) is 6.85. The fraction of sp³-hybridized carbons (Fsp3) is 0.310. The number of rotatable bonds is 8. The van der Waals surface area contributed by atoms with E-state index in [-0.39, 0.29) is 18.1 Å². The molecule has 0 amide bonds. The molecule has 180 valence electrons. The zero-order valence-electron chi connectivity index (χ0n) is 20.3. The van der Waals surface area contributed by atoms with Crippen LogP contribution in [0.4, 0.5) is 5.69 Å². The molecule has 3 atom stereocenters. The van der Waals surface area contributed by atoms with Crippen LogP contribution in [0.5, 0.6) is 5.75 Å². The summed E-state index contributed by atoms with van der Waals surface area (Å²) in [5, 5.41) is 26.3. The number of nitriles is 1. The first kappa shape index (κ1) is 24.3. The Balaban J connectivity index is 1.55. The van der Waals surface area contributed by atoms with Crippen LogP contribution in [-0.2, 0) is 10.2 Å². The summed E-state index contributed by atoms with van der Waals surface area (Å²) >= 11 is 0. The van der Waals surface area contributed by atoms with Gasteiger partial charge in [0.2, 0.25) is 0 Å². The summed E-state index contributed by atoms with van der Waals surface area (Å²) in [4.78, 5) is 11.7. The van der Waals surface area contributed by atoms with Gasteiger partial charge in [-0.2, -0.15) is 5.26 Å². The number of carboxylic acid groups (broad SMARTS) is 1. The molecular formula is C29H31N3O3. The van der Waals surface area contributed by atoms with Crippen molar-refractivity contribution < 1.29 is 14.6 Å². The second-order valence-electron chi connectivity index (χ2n) is 9.58. The molecule has 3 aromatic carbocycles. The third kappa shape index (κ3) is 5.16. The van der Waals surface area contributed by atoms with Gasteiger partial charge in [0.05, 0.1) is 29.3 Å². The van der Waals surface area contributed by atoms with Gasteiger partial charge in [0.25, 0.3) is 0 Å². The number of hydrogen-bond acceptors (Lipinski definition) is 5. The maximum atomic E-state index is 11.7. The largest absolute Gasteiger partial charge is 0.483 e. The van der Waals surface area contributed by atoms with Crippen molar-refractivity contribution in [1.82, 2.24) is 5.32 Å². The Bertz CT molecular complexity index is 1230. The highest BCUT2D eigenvalue weighted by Gasteiger charge is 2.31. The number of anilines is 1. The van der Waals surface area contributed by atoms with Crippen LogP contribution < -0.4 is 15.4 Å². The number of nitrogens with zero attached hydrogens (tertiary/aromatic N) is 1. The zero-order chi connectivity index (χ0) is 25.0. The quantitative estimate of drug-likeness (QED) is 0.418.